The van der Waals surface area contributed by atoms with Crippen molar-refractivity contribution in [2.75, 3.05) is 17.2 Å². The Morgan fingerprint density at radius 2 is 1.95 bits per heavy atom. The van der Waals surface area contributed by atoms with Crippen LogP contribution < -0.4 is 10.6 Å². The highest BCUT2D eigenvalue weighted by atomic mass is 15.1. The molecular formula is C16H15N3. The number of nitriles is 1. The number of para-hydroxylation sites is 1. The normalized spacial score (nSPS) is 13.7. The number of hydrogen-bond donors (Lipinski definition) is 1. The molecule has 2 N–H and O–H groups in total. The molecule has 0 saturated carbocycles. The molecule has 3 heteroatoms. The van der Waals surface area contributed by atoms with E-state index in [1.165, 1.54) is 11.3 Å². The van der Waals surface area contributed by atoms with Crippen LogP contribution in [0.5, 0.6) is 0 Å². The van der Waals surface area contributed by atoms with Crippen LogP contribution in [0.3, 0.4) is 0 Å². The topological polar surface area (TPSA) is 53.1 Å². The third kappa shape index (κ3) is 2.02. The van der Waals surface area contributed by atoms with Gasteiger partial charge >= 0.3 is 0 Å². The zero-order valence-corrected chi connectivity index (χ0v) is 10.6. The Labute approximate surface area is 112 Å². The Bertz CT molecular complexity index is 655. The smallest absolute Gasteiger partial charge is 0.101 e. The van der Waals surface area contributed by atoms with Crippen molar-refractivity contribution in [2.24, 2.45) is 0 Å². The van der Waals surface area contributed by atoms with Crippen molar-refractivity contribution in [3.05, 3.63) is 53.6 Å². The number of nitrogens with two attached hydrogens (primary N) is 1. The summed E-state index contributed by atoms with van der Waals surface area (Å²) < 4.78 is 0. The zero-order chi connectivity index (χ0) is 13.2. The molecule has 0 radical (unpaired) electrons. The number of nitrogens with zero attached hydrogens (tertiary/aromatic N) is 2. The molecule has 1 aliphatic heterocycles. The first kappa shape index (κ1) is 11.6. The molecule has 2 aromatic carbocycles. The molecule has 0 aromatic heterocycles. The van der Waals surface area contributed by atoms with Gasteiger partial charge in [0.1, 0.15) is 6.07 Å². The summed E-state index contributed by atoms with van der Waals surface area (Å²) in [5, 5.41) is 9.29. The second kappa shape index (κ2) is 4.66. The average Bonchev–Trinajstić information content (AvgIpc) is 2.46. The third-order valence-electron chi connectivity index (χ3n) is 3.54. The van der Waals surface area contributed by atoms with Gasteiger partial charge in [-0.05, 0) is 42.7 Å². The Balaban J connectivity index is 2.12. The minimum atomic E-state index is 0.630. The van der Waals surface area contributed by atoms with Crippen molar-refractivity contribution in [2.45, 2.75) is 12.8 Å². The van der Waals surface area contributed by atoms with Crippen LogP contribution in [0.1, 0.15) is 17.5 Å². The van der Waals surface area contributed by atoms with Crippen molar-refractivity contribution in [3.8, 4) is 6.07 Å². The lowest BCUT2D eigenvalue weighted by molar-refractivity contribution is 0.766. The van der Waals surface area contributed by atoms with Crippen LogP contribution in [-0.2, 0) is 6.42 Å². The maximum Gasteiger partial charge on any atom is 0.101 e. The summed E-state index contributed by atoms with van der Waals surface area (Å²) in [6, 6.07) is 16.2. The fraction of sp³-hybridized carbons (Fsp3) is 0.188. The lowest BCUT2D eigenvalue weighted by Crippen LogP contribution is -2.25. The van der Waals surface area contributed by atoms with E-state index >= 15 is 0 Å². The first-order chi connectivity index (χ1) is 9.29. The number of aryl methyl sites for hydroxylation is 1. The molecule has 0 amide bonds. The Kier molecular flexibility index (Phi) is 2.85. The number of anilines is 3. The van der Waals surface area contributed by atoms with Crippen molar-refractivity contribution >= 4 is 17.1 Å². The summed E-state index contributed by atoms with van der Waals surface area (Å²) in [5.74, 6) is 0. The molecule has 0 fully saturated rings. The summed E-state index contributed by atoms with van der Waals surface area (Å²) in [4.78, 5) is 2.22. The molecule has 94 valence electrons. The van der Waals surface area contributed by atoms with Crippen LogP contribution in [0.15, 0.2) is 42.5 Å². The average molecular weight is 249 g/mol. The van der Waals surface area contributed by atoms with Gasteiger partial charge in [0.05, 0.1) is 11.3 Å². The molecule has 0 aliphatic carbocycles. The van der Waals surface area contributed by atoms with E-state index in [0.29, 0.717) is 11.3 Å². The fourth-order valence-corrected chi connectivity index (χ4v) is 2.66. The summed E-state index contributed by atoms with van der Waals surface area (Å²) in [6.07, 6.45) is 2.20. The van der Waals surface area contributed by atoms with Gasteiger partial charge in [0.2, 0.25) is 0 Å². The molecular weight excluding hydrogens is 234 g/mol. The molecule has 0 saturated heterocycles. The minimum absolute atomic E-state index is 0.630. The third-order valence-corrected chi connectivity index (χ3v) is 3.54. The number of benzene rings is 2. The molecule has 19 heavy (non-hydrogen) atoms. The van der Waals surface area contributed by atoms with E-state index in [-0.39, 0.29) is 0 Å². The summed E-state index contributed by atoms with van der Waals surface area (Å²) in [6.45, 7) is 0.940. The number of nitrogen functional groups attached to an aromatic ring is 1. The minimum Gasteiger partial charge on any atom is -0.399 e. The van der Waals surface area contributed by atoms with E-state index < -0.39 is 0 Å². The van der Waals surface area contributed by atoms with E-state index in [9.17, 15) is 5.26 Å². The highest BCUT2D eigenvalue weighted by Gasteiger charge is 2.19. The first-order valence-electron chi connectivity index (χ1n) is 6.44. The second-order valence-corrected chi connectivity index (χ2v) is 4.77. The highest BCUT2D eigenvalue weighted by molar-refractivity contribution is 5.74. The van der Waals surface area contributed by atoms with Crippen LogP contribution >= 0.6 is 0 Å². The van der Waals surface area contributed by atoms with Gasteiger partial charge in [0, 0.05) is 17.9 Å². The van der Waals surface area contributed by atoms with Crippen LogP contribution in [0.25, 0.3) is 0 Å². The Hall–Kier alpha value is -2.47. The lowest BCUT2D eigenvalue weighted by Gasteiger charge is -2.32. The van der Waals surface area contributed by atoms with Gasteiger partial charge in [0.25, 0.3) is 0 Å². The number of rotatable bonds is 1. The van der Waals surface area contributed by atoms with Gasteiger partial charge in [-0.15, -0.1) is 0 Å². The monoisotopic (exact) mass is 249 g/mol. The van der Waals surface area contributed by atoms with Crippen LogP contribution in [0.2, 0.25) is 0 Å². The van der Waals surface area contributed by atoms with Gasteiger partial charge in [-0.1, -0.05) is 18.2 Å². The van der Waals surface area contributed by atoms with Crippen molar-refractivity contribution in [3.63, 3.8) is 0 Å². The molecule has 3 nitrogen and oxygen atoms in total. The maximum atomic E-state index is 9.29. The van der Waals surface area contributed by atoms with E-state index in [1.807, 2.05) is 18.2 Å². The van der Waals surface area contributed by atoms with E-state index in [0.717, 1.165) is 25.1 Å². The van der Waals surface area contributed by atoms with Gasteiger partial charge < -0.3 is 10.6 Å². The Morgan fingerprint density at radius 3 is 2.79 bits per heavy atom. The van der Waals surface area contributed by atoms with Crippen LogP contribution in [0, 0.1) is 11.3 Å². The molecule has 1 heterocycles. The van der Waals surface area contributed by atoms with E-state index in [2.05, 4.69) is 29.2 Å². The number of hydrogen-bond acceptors (Lipinski definition) is 3. The number of fused-ring (bicyclic) bond motifs is 1. The van der Waals surface area contributed by atoms with E-state index in [1.54, 1.807) is 6.07 Å². The van der Waals surface area contributed by atoms with Crippen molar-refractivity contribution < 1.29 is 0 Å². The van der Waals surface area contributed by atoms with Crippen molar-refractivity contribution in [1.29, 1.82) is 5.26 Å². The van der Waals surface area contributed by atoms with Gasteiger partial charge in [-0.3, -0.25) is 0 Å². The van der Waals surface area contributed by atoms with Gasteiger partial charge in [-0.25, -0.2) is 0 Å². The first-order valence-corrected chi connectivity index (χ1v) is 6.44. The fourth-order valence-electron chi connectivity index (χ4n) is 2.66. The molecule has 1 aliphatic rings. The van der Waals surface area contributed by atoms with Gasteiger partial charge in [-0.2, -0.15) is 5.26 Å². The van der Waals surface area contributed by atoms with Crippen LogP contribution in [0.4, 0.5) is 17.1 Å². The molecule has 0 spiro atoms. The van der Waals surface area contributed by atoms with Crippen molar-refractivity contribution in [1.82, 2.24) is 0 Å². The second-order valence-electron chi connectivity index (χ2n) is 4.77. The highest BCUT2D eigenvalue weighted by Crippen LogP contribution is 2.35. The summed E-state index contributed by atoms with van der Waals surface area (Å²) >= 11 is 0. The zero-order valence-electron chi connectivity index (χ0n) is 10.6. The van der Waals surface area contributed by atoms with Gasteiger partial charge in [0.15, 0.2) is 0 Å². The maximum absolute atomic E-state index is 9.29. The lowest BCUT2D eigenvalue weighted by atomic mass is 10.00. The summed E-state index contributed by atoms with van der Waals surface area (Å²) in [5.41, 5.74) is 10.5. The quantitative estimate of drug-likeness (QED) is 0.789. The van der Waals surface area contributed by atoms with Crippen LogP contribution in [-0.4, -0.2) is 6.54 Å². The molecule has 0 bridgehead atoms. The molecule has 2 aromatic rings. The molecule has 3 rings (SSSR count). The largest absolute Gasteiger partial charge is 0.399 e. The predicted molar refractivity (Wildman–Crippen MR) is 77.3 cm³/mol. The van der Waals surface area contributed by atoms with E-state index in [4.69, 9.17) is 5.73 Å². The Morgan fingerprint density at radius 1 is 1.11 bits per heavy atom. The predicted octanol–water partition coefficient (Wildman–Crippen LogP) is 3.22. The SMILES string of the molecule is N#Cc1cc(N)ccc1N1CCCc2ccccc21. The summed E-state index contributed by atoms with van der Waals surface area (Å²) in [7, 11) is 0. The standard InChI is InChI=1S/C16H15N3/c17-11-13-10-14(18)7-8-16(13)19-9-3-5-12-4-1-2-6-15(12)19/h1-2,4,6-8,10H,3,5,9,18H2. The molecule has 0 unspecified atom stereocenters. The molecule has 0 atom stereocenters.